The van der Waals surface area contributed by atoms with Crippen LogP contribution in [0.15, 0.2) is 35.3 Å². The van der Waals surface area contributed by atoms with E-state index in [1.54, 1.807) is 0 Å². The number of amides is 1. The number of carbonyl (C=O) groups is 1. The Labute approximate surface area is 162 Å². The quantitative estimate of drug-likeness (QED) is 0.541. The average molecular weight is 377 g/mol. The summed E-state index contributed by atoms with van der Waals surface area (Å²) in [6.45, 7) is 6.34. The fourth-order valence-electron chi connectivity index (χ4n) is 3.23. The van der Waals surface area contributed by atoms with Gasteiger partial charge in [0.2, 0.25) is 5.91 Å². The Balaban J connectivity index is 1.90. The summed E-state index contributed by atoms with van der Waals surface area (Å²) in [6.07, 6.45) is 5.75. The first kappa shape index (κ1) is 20.6. The van der Waals surface area contributed by atoms with E-state index in [4.69, 9.17) is 0 Å². The topological polar surface area (TPSA) is 56.7 Å². The zero-order valence-electron chi connectivity index (χ0n) is 16.2. The summed E-state index contributed by atoms with van der Waals surface area (Å²) in [4.78, 5) is 19.0. The van der Waals surface area contributed by atoms with Gasteiger partial charge in [-0.05, 0) is 44.9 Å². The Morgan fingerprint density at radius 3 is 2.65 bits per heavy atom. The van der Waals surface area contributed by atoms with Crippen molar-refractivity contribution in [3.8, 4) is 0 Å². The molecule has 1 amide bonds. The van der Waals surface area contributed by atoms with Crippen molar-refractivity contribution >= 4 is 23.6 Å². The van der Waals surface area contributed by atoms with Crippen molar-refractivity contribution in [3.05, 3.63) is 35.9 Å². The second-order valence-corrected chi connectivity index (χ2v) is 7.74. The molecule has 1 fully saturated rings. The van der Waals surface area contributed by atoms with Gasteiger partial charge in [0.15, 0.2) is 5.96 Å². The number of benzene rings is 1. The zero-order chi connectivity index (χ0) is 18.8. The molecular formula is C20H32N4OS. The van der Waals surface area contributed by atoms with Crippen LogP contribution in [0.25, 0.3) is 0 Å². The number of thioether (sulfide) groups is 1. The first-order chi connectivity index (χ1) is 12.7. The fourth-order valence-corrected chi connectivity index (χ4v) is 4.02. The van der Waals surface area contributed by atoms with Gasteiger partial charge in [0, 0.05) is 30.9 Å². The molecule has 0 heterocycles. The number of carbonyl (C=O) groups excluding carboxylic acids is 1. The highest BCUT2D eigenvalue weighted by molar-refractivity contribution is 7.99. The lowest BCUT2D eigenvalue weighted by Crippen LogP contribution is -2.43. The highest BCUT2D eigenvalue weighted by atomic mass is 32.2. The van der Waals surface area contributed by atoms with Gasteiger partial charge in [-0.3, -0.25) is 4.79 Å². The van der Waals surface area contributed by atoms with Gasteiger partial charge in [0.25, 0.3) is 0 Å². The lowest BCUT2D eigenvalue weighted by atomic mass is 10.2. The summed E-state index contributed by atoms with van der Waals surface area (Å²) in [7, 11) is 0. The molecule has 1 saturated carbocycles. The van der Waals surface area contributed by atoms with Crippen molar-refractivity contribution in [3.63, 3.8) is 0 Å². The molecule has 1 aliphatic rings. The second-order valence-electron chi connectivity index (χ2n) is 6.60. The third-order valence-electron chi connectivity index (χ3n) is 4.73. The number of likely N-dealkylation sites (N-methyl/N-ethyl adjacent to an activating group) is 1. The van der Waals surface area contributed by atoms with Gasteiger partial charge in [0.1, 0.15) is 6.54 Å². The van der Waals surface area contributed by atoms with Gasteiger partial charge in [-0.1, -0.05) is 30.3 Å². The zero-order valence-corrected chi connectivity index (χ0v) is 17.0. The lowest BCUT2D eigenvalue weighted by molar-refractivity contribution is -0.130. The predicted molar refractivity (Wildman–Crippen MR) is 112 cm³/mol. The van der Waals surface area contributed by atoms with Gasteiger partial charge in [-0.25, -0.2) is 4.99 Å². The number of hydrogen-bond donors (Lipinski definition) is 2. The highest BCUT2D eigenvalue weighted by Gasteiger charge is 2.24. The van der Waals surface area contributed by atoms with Crippen molar-refractivity contribution in [2.24, 2.45) is 4.99 Å². The van der Waals surface area contributed by atoms with Crippen LogP contribution in [0.2, 0.25) is 0 Å². The van der Waals surface area contributed by atoms with E-state index in [0.717, 1.165) is 29.7 Å². The van der Waals surface area contributed by atoms with Gasteiger partial charge in [0.05, 0.1) is 0 Å². The van der Waals surface area contributed by atoms with E-state index < -0.39 is 0 Å². The second kappa shape index (κ2) is 11.1. The van der Waals surface area contributed by atoms with Crippen molar-refractivity contribution < 1.29 is 4.79 Å². The Kier molecular flexibility index (Phi) is 8.81. The number of hydrogen-bond acceptors (Lipinski definition) is 3. The van der Waals surface area contributed by atoms with E-state index in [1.807, 2.05) is 60.8 Å². The molecule has 2 rings (SSSR count). The molecule has 1 aromatic carbocycles. The number of aliphatic imine (C=N–C) groups is 1. The van der Waals surface area contributed by atoms with Crippen LogP contribution in [0.3, 0.4) is 0 Å². The first-order valence-corrected chi connectivity index (χ1v) is 10.8. The molecule has 0 aliphatic heterocycles. The number of rotatable bonds is 8. The Morgan fingerprint density at radius 1 is 1.27 bits per heavy atom. The first-order valence-electron chi connectivity index (χ1n) is 9.55. The molecule has 0 aromatic heterocycles. The summed E-state index contributed by atoms with van der Waals surface area (Å²) >= 11 is 1.94. The molecule has 5 nitrogen and oxygen atoms in total. The average Bonchev–Trinajstić information content (AvgIpc) is 3.12. The third-order valence-corrected chi connectivity index (χ3v) is 5.82. The van der Waals surface area contributed by atoms with Crippen LogP contribution < -0.4 is 10.6 Å². The van der Waals surface area contributed by atoms with Gasteiger partial charge in [-0.15, -0.1) is 0 Å². The normalized spacial score (nSPS) is 20.0. The molecule has 2 unspecified atom stereocenters. The third kappa shape index (κ3) is 6.56. The number of nitrogens with zero attached hydrogens (tertiary/aromatic N) is 2. The van der Waals surface area contributed by atoms with Crippen molar-refractivity contribution in [1.29, 1.82) is 0 Å². The van der Waals surface area contributed by atoms with E-state index in [1.165, 1.54) is 12.8 Å². The molecule has 6 heteroatoms. The minimum atomic E-state index is 0.0574. The van der Waals surface area contributed by atoms with E-state index in [2.05, 4.69) is 21.9 Å². The summed E-state index contributed by atoms with van der Waals surface area (Å²) in [5.41, 5.74) is 1.14. The molecular weight excluding hydrogens is 344 g/mol. The molecule has 144 valence electrons. The van der Waals surface area contributed by atoms with Crippen molar-refractivity contribution in [2.75, 3.05) is 25.9 Å². The molecule has 2 N–H and O–H groups in total. The SMILES string of the molecule is CCNC(=NCC(=O)N(CC)Cc1ccccc1)NC1CCC(SC)C1. The smallest absolute Gasteiger partial charge is 0.244 e. The largest absolute Gasteiger partial charge is 0.357 e. The Morgan fingerprint density at radius 2 is 2.04 bits per heavy atom. The fraction of sp³-hybridized carbons (Fsp3) is 0.600. The van der Waals surface area contributed by atoms with Crippen LogP contribution in [-0.2, 0) is 11.3 Å². The van der Waals surface area contributed by atoms with Gasteiger partial charge >= 0.3 is 0 Å². The standard InChI is InChI=1S/C20H32N4OS/c1-4-21-20(23-17-11-12-18(13-17)26-3)22-14-19(25)24(5-2)15-16-9-7-6-8-10-16/h6-10,17-18H,4-5,11-15H2,1-3H3,(H2,21,22,23). The summed E-state index contributed by atoms with van der Waals surface area (Å²) in [5, 5.41) is 7.50. The van der Waals surface area contributed by atoms with E-state index >= 15 is 0 Å². The number of nitrogens with one attached hydrogen (secondary N) is 2. The van der Waals surface area contributed by atoms with Crippen molar-refractivity contribution in [1.82, 2.24) is 15.5 Å². The summed E-state index contributed by atoms with van der Waals surface area (Å²) in [6, 6.07) is 10.5. The molecule has 26 heavy (non-hydrogen) atoms. The molecule has 2 atom stereocenters. The summed E-state index contributed by atoms with van der Waals surface area (Å²) < 4.78 is 0. The van der Waals surface area contributed by atoms with Crippen LogP contribution in [0.1, 0.15) is 38.7 Å². The number of guanidine groups is 1. The molecule has 1 aromatic rings. The van der Waals surface area contributed by atoms with Crippen LogP contribution in [0, 0.1) is 0 Å². The van der Waals surface area contributed by atoms with E-state index in [0.29, 0.717) is 19.1 Å². The van der Waals surface area contributed by atoms with E-state index in [-0.39, 0.29) is 12.5 Å². The van der Waals surface area contributed by atoms with Crippen LogP contribution >= 0.6 is 11.8 Å². The monoisotopic (exact) mass is 376 g/mol. The van der Waals surface area contributed by atoms with Crippen LogP contribution in [-0.4, -0.2) is 53.9 Å². The van der Waals surface area contributed by atoms with Crippen LogP contribution in [0.5, 0.6) is 0 Å². The van der Waals surface area contributed by atoms with Crippen LogP contribution in [0.4, 0.5) is 0 Å². The molecule has 0 saturated heterocycles. The minimum Gasteiger partial charge on any atom is -0.357 e. The maximum absolute atomic E-state index is 12.6. The van der Waals surface area contributed by atoms with Crippen molar-refractivity contribution in [2.45, 2.75) is 50.9 Å². The van der Waals surface area contributed by atoms with Gasteiger partial charge in [-0.2, -0.15) is 11.8 Å². The Hall–Kier alpha value is -1.69. The van der Waals surface area contributed by atoms with E-state index in [9.17, 15) is 4.79 Å². The molecule has 0 bridgehead atoms. The summed E-state index contributed by atoms with van der Waals surface area (Å²) in [5.74, 6) is 0.810. The lowest BCUT2D eigenvalue weighted by Gasteiger charge is -2.21. The predicted octanol–water partition coefficient (Wildman–Crippen LogP) is 2.87. The van der Waals surface area contributed by atoms with Gasteiger partial charge < -0.3 is 15.5 Å². The highest BCUT2D eigenvalue weighted by Crippen LogP contribution is 2.27. The minimum absolute atomic E-state index is 0.0574. The Bertz CT molecular complexity index is 578. The maximum Gasteiger partial charge on any atom is 0.244 e. The molecule has 0 radical (unpaired) electrons. The maximum atomic E-state index is 12.6. The molecule has 1 aliphatic carbocycles. The molecule has 0 spiro atoms.